The normalized spacial score (nSPS) is 12.4. The van der Waals surface area contributed by atoms with Crippen molar-refractivity contribution in [3.63, 3.8) is 0 Å². The van der Waals surface area contributed by atoms with Crippen LogP contribution >= 0.6 is 23.2 Å². The number of fused-ring (bicyclic) bond motifs is 2. The molecular weight excluding hydrogens is 663 g/mol. The van der Waals surface area contributed by atoms with Gasteiger partial charge in [0.15, 0.2) is 0 Å². The van der Waals surface area contributed by atoms with Crippen molar-refractivity contribution in [3.8, 4) is 0 Å². The first kappa shape index (κ1) is 34.1. The van der Waals surface area contributed by atoms with Gasteiger partial charge >= 0.3 is 31.3 Å². The van der Waals surface area contributed by atoms with Gasteiger partial charge < -0.3 is 4.98 Å². The molecule has 2 aromatic carbocycles. The smallest absolute Gasteiger partial charge is 0.328 e. The second-order valence-corrected chi connectivity index (χ2v) is 11.6. The number of nitrogens with zero attached hydrogens (tertiary/aromatic N) is 1. The zero-order chi connectivity index (χ0) is 31.6. The van der Waals surface area contributed by atoms with E-state index >= 15 is 0 Å². The maximum absolute atomic E-state index is 13.0. The second-order valence-electron chi connectivity index (χ2n) is 7.50. The Kier molecular flexibility index (Phi) is 10.4. The highest BCUT2D eigenvalue weighted by molar-refractivity contribution is 8.00. The molecule has 0 fully saturated rings. The van der Waals surface area contributed by atoms with E-state index < -0.39 is 37.1 Å². The summed E-state index contributed by atoms with van der Waals surface area (Å²) in [6.45, 7) is 1.87. The van der Waals surface area contributed by atoms with Gasteiger partial charge in [-0.05, 0) is 53.4 Å². The van der Waals surface area contributed by atoms with Crippen LogP contribution in [0.25, 0.3) is 21.5 Å². The van der Waals surface area contributed by atoms with E-state index in [2.05, 4.69) is 9.97 Å². The second kappa shape index (κ2) is 12.4. The van der Waals surface area contributed by atoms with E-state index in [0.29, 0.717) is 10.8 Å². The summed E-state index contributed by atoms with van der Waals surface area (Å²) in [7, 11) is -13.7. The summed E-state index contributed by atoms with van der Waals surface area (Å²) < 4.78 is 136. The maximum atomic E-state index is 13.0. The van der Waals surface area contributed by atoms with Crippen LogP contribution in [0.1, 0.15) is 5.69 Å². The first-order valence-electron chi connectivity index (χ1n) is 10.1. The van der Waals surface area contributed by atoms with E-state index in [0.717, 1.165) is 16.5 Å². The SMILES string of the molecule is Cc1cc2cc(F)c(Cl)cc2cn1.O=S(=O)(OS(=O)(=O)C(F)(F)F)C(F)(F)F.O=c1cc2cc(F)c(Cl)cc2c[nH]1. The molecule has 0 spiro atoms. The number of halogens is 10. The molecule has 224 valence electrons. The molecule has 1 N–H and O–H groups in total. The lowest BCUT2D eigenvalue weighted by Gasteiger charge is -2.09. The van der Waals surface area contributed by atoms with Crippen molar-refractivity contribution < 1.29 is 55.6 Å². The predicted molar refractivity (Wildman–Crippen MR) is 132 cm³/mol. The molecule has 2 heterocycles. The summed E-state index contributed by atoms with van der Waals surface area (Å²) in [4.78, 5) is 17.4. The van der Waals surface area contributed by atoms with E-state index in [1.807, 2.05) is 16.6 Å². The Bertz CT molecular complexity index is 1820. The highest BCUT2D eigenvalue weighted by atomic mass is 35.5. The summed E-state index contributed by atoms with van der Waals surface area (Å²) in [5, 5.41) is 3.14. The lowest BCUT2D eigenvalue weighted by molar-refractivity contribution is -0.0585. The van der Waals surface area contributed by atoms with Crippen molar-refractivity contribution in [3.05, 3.63) is 86.5 Å². The number of aromatic amines is 1. The summed E-state index contributed by atoms with van der Waals surface area (Å²) in [6.07, 6.45) is 3.19. The minimum Gasteiger partial charge on any atom is -0.328 e. The number of pyridine rings is 2. The van der Waals surface area contributed by atoms with Gasteiger partial charge in [-0.15, -0.1) is 3.63 Å². The first-order valence-corrected chi connectivity index (χ1v) is 13.6. The van der Waals surface area contributed by atoms with Crippen molar-refractivity contribution in [1.82, 2.24) is 9.97 Å². The fraction of sp³-hybridized carbons (Fsp3) is 0.143. The fourth-order valence-corrected chi connectivity index (χ4v) is 4.51. The van der Waals surface area contributed by atoms with Gasteiger partial charge in [0.05, 0.1) is 10.0 Å². The Hall–Kier alpha value is -3.06. The van der Waals surface area contributed by atoms with Crippen molar-refractivity contribution >= 4 is 65.0 Å². The van der Waals surface area contributed by atoms with Crippen LogP contribution in [0.2, 0.25) is 10.0 Å². The van der Waals surface area contributed by atoms with E-state index in [1.54, 1.807) is 12.3 Å². The number of hydrogen-bond donors (Lipinski definition) is 1. The van der Waals surface area contributed by atoms with Crippen LogP contribution in [0, 0.1) is 18.6 Å². The quantitative estimate of drug-likeness (QED) is 0.194. The number of benzene rings is 2. The molecule has 8 nitrogen and oxygen atoms in total. The van der Waals surface area contributed by atoms with E-state index in [-0.39, 0.29) is 21.4 Å². The summed E-state index contributed by atoms with van der Waals surface area (Å²) in [5.74, 6) is -0.903. The third-order valence-electron chi connectivity index (χ3n) is 4.43. The highest BCUT2D eigenvalue weighted by Crippen LogP contribution is 2.32. The summed E-state index contributed by atoms with van der Waals surface area (Å²) in [6, 6.07) is 8.88. The standard InChI is InChI=1S/C10H7ClFN.C9H5ClFNO.C2F6O5S2/c1-6-2-7-4-10(12)9(11)3-8(7)5-13-6;10-7-1-6-4-12-9(13)3-5(6)2-8(7)11;3-1(4,5)14(9,10)13-15(11,12)2(6,7)8/h2-5H,1H3;1-4H,(H,12,13);. The molecule has 41 heavy (non-hydrogen) atoms. The molecule has 0 saturated heterocycles. The summed E-state index contributed by atoms with van der Waals surface area (Å²) in [5.41, 5.74) is -11.9. The zero-order valence-corrected chi connectivity index (χ0v) is 22.8. The number of aryl methyl sites for hydroxylation is 1. The minimum atomic E-state index is -6.85. The molecule has 0 radical (unpaired) electrons. The van der Waals surface area contributed by atoms with Crippen LogP contribution in [-0.2, 0) is 23.9 Å². The number of aromatic nitrogens is 2. The van der Waals surface area contributed by atoms with Gasteiger partial charge in [0, 0.05) is 29.5 Å². The van der Waals surface area contributed by atoms with Gasteiger partial charge in [0.1, 0.15) is 11.6 Å². The first-order chi connectivity index (χ1) is 18.5. The monoisotopic (exact) mass is 674 g/mol. The molecule has 0 aliphatic carbocycles. The van der Waals surface area contributed by atoms with Gasteiger partial charge in [0.25, 0.3) is 0 Å². The van der Waals surface area contributed by atoms with Crippen LogP contribution in [0.15, 0.2) is 53.6 Å². The fourth-order valence-electron chi connectivity index (χ4n) is 2.60. The third-order valence-corrected chi connectivity index (χ3v) is 7.57. The predicted octanol–water partition coefficient (Wildman–Crippen LogP) is 6.36. The molecule has 0 unspecified atom stereocenters. The van der Waals surface area contributed by atoms with Gasteiger partial charge in [0.2, 0.25) is 5.56 Å². The average Bonchev–Trinajstić information content (AvgIpc) is 2.80. The van der Waals surface area contributed by atoms with Crippen LogP contribution in [0.4, 0.5) is 35.1 Å². The molecule has 0 bridgehead atoms. The summed E-state index contributed by atoms with van der Waals surface area (Å²) >= 11 is 11.2. The Morgan fingerprint density at radius 2 is 1.17 bits per heavy atom. The molecule has 2 aromatic heterocycles. The Morgan fingerprint density at radius 1 is 0.732 bits per heavy atom. The number of H-pyrrole nitrogens is 1. The van der Waals surface area contributed by atoms with Crippen LogP contribution in [0.5, 0.6) is 0 Å². The minimum absolute atomic E-state index is 0.0551. The largest absolute Gasteiger partial charge is 0.524 e. The van der Waals surface area contributed by atoms with Gasteiger partial charge in [-0.2, -0.15) is 43.2 Å². The van der Waals surface area contributed by atoms with Crippen LogP contribution in [-0.4, -0.2) is 37.8 Å². The number of alkyl halides is 6. The van der Waals surface area contributed by atoms with Crippen molar-refractivity contribution in [2.75, 3.05) is 0 Å². The number of hydrogen-bond acceptors (Lipinski definition) is 7. The third kappa shape index (κ3) is 8.96. The molecule has 0 aliphatic heterocycles. The topological polar surface area (TPSA) is 123 Å². The van der Waals surface area contributed by atoms with Crippen LogP contribution in [0.3, 0.4) is 0 Å². The molecule has 0 saturated carbocycles. The van der Waals surface area contributed by atoms with Crippen LogP contribution < -0.4 is 5.56 Å². The molecule has 0 atom stereocenters. The zero-order valence-electron chi connectivity index (χ0n) is 19.6. The van der Waals surface area contributed by atoms with E-state index in [9.17, 15) is 56.8 Å². The Balaban J connectivity index is 0.000000215. The average molecular weight is 675 g/mol. The van der Waals surface area contributed by atoms with Gasteiger partial charge in [-0.3, -0.25) is 9.78 Å². The van der Waals surface area contributed by atoms with Crippen molar-refractivity contribution in [1.29, 1.82) is 0 Å². The Morgan fingerprint density at radius 3 is 1.63 bits per heavy atom. The van der Waals surface area contributed by atoms with E-state index in [1.165, 1.54) is 30.5 Å². The van der Waals surface area contributed by atoms with E-state index in [4.69, 9.17) is 23.2 Å². The highest BCUT2D eigenvalue weighted by Gasteiger charge is 2.57. The number of rotatable bonds is 2. The molecule has 0 aliphatic rings. The van der Waals surface area contributed by atoms with Crippen molar-refractivity contribution in [2.24, 2.45) is 0 Å². The lowest BCUT2D eigenvalue weighted by atomic mass is 10.1. The maximum Gasteiger partial charge on any atom is 0.524 e. The molecule has 4 rings (SSSR count). The number of nitrogens with one attached hydrogen (secondary N) is 1. The molecular formula is C21H12Cl2F8N2O6S2. The van der Waals surface area contributed by atoms with Crippen molar-refractivity contribution in [2.45, 2.75) is 17.9 Å². The van der Waals surface area contributed by atoms with Gasteiger partial charge in [-0.25, -0.2) is 8.78 Å². The molecule has 4 aromatic rings. The van der Waals surface area contributed by atoms with Gasteiger partial charge in [-0.1, -0.05) is 23.2 Å². The Labute approximate surface area is 234 Å². The molecule has 0 amide bonds. The molecule has 20 heteroatoms. The lowest BCUT2D eigenvalue weighted by Crippen LogP contribution is -2.34.